The molecule has 2 rings (SSSR count). The van der Waals surface area contributed by atoms with Gasteiger partial charge in [-0.25, -0.2) is 4.79 Å². The Balaban J connectivity index is 1.90. The predicted molar refractivity (Wildman–Crippen MR) is 66.6 cm³/mol. The number of amides is 2. The Labute approximate surface area is 108 Å². The monoisotopic (exact) mass is 276 g/mol. The van der Waals surface area contributed by atoms with E-state index in [2.05, 4.69) is 0 Å². The molecule has 0 spiro atoms. The summed E-state index contributed by atoms with van der Waals surface area (Å²) in [7, 11) is 0.114. The van der Waals surface area contributed by atoms with Crippen molar-refractivity contribution < 1.29 is 17.4 Å². The molecule has 2 atom stereocenters. The SMILES string of the molecule is CN(C)C(=O)N1CC2CC(OS(C)(=O)=O)CC2C1. The van der Waals surface area contributed by atoms with Crippen molar-refractivity contribution in [2.45, 2.75) is 18.9 Å². The first kappa shape index (κ1) is 13.6. The molecule has 2 aliphatic rings. The summed E-state index contributed by atoms with van der Waals surface area (Å²) in [6.45, 7) is 1.43. The summed E-state index contributed by atoms with van der Waals surface area (Å²) in [5.41, 5.74) is 0. The highest BCUT2D eigenvalue weighted by molar-refractivity contribution is 7.86. The summed E-state index contributed by atoms with van der Waals surface area (Å²) in [6.07, 6.45) is 2.35. The molecule has 0 aromatic rings. The molecule has 1 saturated heterocycles. The molecule has 1 heterocycles. The van der Waals surface area contributed by atoms with E-state index in [9.17, 15) is 13.2 Å². The van der Waals surface area contributed by atoms with Crippen LogP contribution in [0.3, 0.4) is 0 Å². The highest BCUT2D eigenvalue weighted by Gasteiger charge is 2.43. The van der Waals surface area contributed by atoms with Gasteiger partial charge >= 0.3 is 6.03 Å². The van der Waals surface area contributed by atoms with Crippen LogP contribution in [-0.2, 0) is 14.3 Å². The van der Waals surface area contributed by atoms with E-state index in [1.807, 2.05) is 4.90 Å². The molecule has 2 amide bonds. The van der Waals surface area contributed by atoms with Gasteiger partial charge in [0.1, 0.15) is 0 Å². The summed E-state index contributed by atoms with van der Waals surface area (Å²) in [6, 6.07) is 0.0324. The highest BCUT2D eigenvalue weighted by atomic mass is 32.2. The normalized spacial score (nSPS) is 31.5. The van der Waals surface area contributed by atoms with Crippen molar-refractivity contribution in [3.8, 4) is 0 Å². The van der Waals surface area contributed by atoms with Crippen molar-refractivity contribution in [2.75, 3.05) is 33.4 Å². The lowest BCUT2D eigenvalue weighted by Gasteiger charge is -2.22. The van der Waals surface area contributed by atoms with Crippen LogP contribution in [0.1, 0.15) is 12.8 Å². The van der Waals surface area contributed by atoms with Gasteiger partial charge in [-0.3, -0.25) is 4.18 Å². The Hall–Kier alpha value is -0.820. The molecule has 1 aliphatic carbocycles. The molecule has 0 radical (unpaired) electrons. The number of hydrogen-bond donors (Lipinski definition) is 0. The van der Waals surface area contributed by atoms with E-state index in [-0.39, 0.29) is 12.1 Å². The third-order valence-corrected chi connectivity index (χ3v) is 4.29. The Bertz CT molecular complexity index is 420. The van der Waals surface area contributed by atoms with Gasteiger partial charge in [0.2, 0.25) is 0 Å². The first-order valence-electron chi connectivity index (χ1n) is 6.10. The first-order chi connectivity index (χ1) is 8.26. The lowest BCUT2D eigenvalue weighted by atomic mass is 10.0. The van der Waals surface area contributed by atoms with Crippen LogP contribution in [0, 0.1) is 11.8 Å². The Kier molecular flexibility index (Phi) is 3.55. The van der Waals surface area contributed by atoms with Gasteiger partial charge in [0.15, 0.2) is 0 Å². The minimum Gasteiger partial charge on any atom is -0.331 e. The van der Waals surface area contributed by atoms with Crippen LogP contribution in [0.25, 0.3) is 0 Å². The lowest BCUT2D eigenvalue weighted by Crippen LogP contribution is -2.38. The van der Waals surface area contributed by atoms with Crippen LogP contribution >= 0.6 is 0 Å². The highest BCUT2D eigenvalue weighted by Crippen LogP contribution is 2.40. The van der Waals surface area contributed by atoms with E-state index in [0.29, 0.717) is 24.9 Å². The second-order valence-electron chi connectivity index (χ2n) is 5.50. The fraction of sp³-hybridized carbons (Fsp3) is 0.909. The topological polar surface area (TPSA) is 66.9 Å². The molecule has 1 saturated carbocycles. The fourth-order valence-corrected chi connectivity index (χ4v) is 3.66. The van der Waals surface area contributed by atoms with Crippen LogP contribution < -0.4 is 0 Å². The average molecular weight is 276 g/mol. The third-order valence-electron chi connectivity index (χ3n) is 3.67. The van der Waals surface area contributed by atoms with E-state index < -0.39 is 10.1 Å². The maximum atomic E-state index is 11.8. The van der Waals surface area contributed by atoms with E-state index >= 15 is 0 Å². The van der Waals surface area contributed by atoms with Crippen molar-refractivity contribution in [2.24, 2.45) is 11.8 Å². The number of urea groups is 1. The van der Waals surface area contributed by atoms with Gasteiger partial charge in [0.05, 0.1) is 12.4 Å². The molecular formula is C11H20N2O4S. The van der Waals surface area contributed by atoms with Crippen LogP contribution in [0.2, 0.25) is 0 Å². The Morgan fingerprint density at radius 2 is 1.72 bits per heavy atom. The van der Waals surface area contributed by atoms with E-state index in [4.69, 9.17) is 4.18 Å². The first-order valence-corrected chi connectivity index (χ1v) is 7.92. The molecule has 7 heteroatoms. The maximum absolute atomic E-state index is 11.8. The fourth-order valence-electron chi connectivity index (χ4n) is 3.01. The van der Waals surface area contributed by atoms with Crippen LogP contribution in [0.4, 0.5) is 4.79 Å². The van der Waals surface area contributed by atoms with Crippen LogP contribution in [0.15, 0.2) is 0 Å². The smallest absolute Gasteiger partial charge is 0.319 e. The Morgan fingerprint density at radius 3 is 2.11 bits per heavy atom. The van der Waals surface area contributed by atoms with Gasteiger partial charge in [0, 0.05) is 27.2 Å². The largest absolute Gasteiger partial charge is 0.331 e. The van der Waals surface area contributed by atoms with Gasteiger partial charge in [-0.15, -0.1) is 0 Å². The molecule has 0 aromatic heterocycles. The number of fused-ring (bicyclic) bond motifs is 1. The molecule has 0 N–H and O–H groups in total. The van der Waals surface area contributed by atoms with Gasteiger partial charge in [-0.2, -0.15) is 8.42 Å². The van der Waals surface area contributed by atoms with Crippen molar-refractivity contribution in [1.29, 1.82) is 0 Å². The molecule has 2 fully saturated rings. The molecule has 18 heavy (non-hydrogen) atoms. The van der Waals surface area contributed by atoms with Crippen molar-refractivity contribution in [3.63, 3.8) is 0 Å². The summed E-state index contributed by atoms with van der Waals surface area (Å²) >= 11 is 0. The zero-order valence-corrected chi connectivity index (χ0v) is 11.8. The second kappa shape index (κ2) is 4.70. The van der Waals surface area contributed by atoms with E-state index in [1.54, 1.807) is 19.0 Å². The zero-order valence-electron chi connectivity index (χ0n) is 11.0. The maximum Gasteiger partial charge on any atom is 0.319 e. The van der Waals surface area contributed by atoms with Crippen molar-refractivity contribution >= 4 is 16.1 Å². The van der Waals surface area contributed by atoms with Crippen LogP contribution in [-0.4, -0.2) is 63.8 Å². The van der Waals surface area contributed by atoms with Crippen molar-refractivity contribution in [3.05, 3.63) is 0 Å². The number of rotatable bonds is 2. The number of carbonyl (C=O) groups excluding carboxylic acids is 1. The second-order valence-corrected chi connectivity index (χ2v) is 7.10. The lowest BCUT2D eigenvalue weighted by molar-refractivity contribution is 0.167. The number of likely N-dealkylation sites (tertiary alicyclic amines) is 1. The van der Waals surface area contributed by atoms with E-state index in [1.165, 1.54) is 0 Å². The van der Waals surface area contributed by atoms with E-state index in [0.717, 1.165) is 19.1 Å². The summed E-state index contributed by atoms with van der Waals surface area (Å²) < 4.78 is 27.2. The minimum absolute atomic E-state index is 0.0324. The standard InChI is InChI=1S/C11H20N2O4S/c1-12(2)11(14)13-6-8-4-10(5-9(8)7-13)17-18(3,15)16/h8-10H,4-7H2,1-3H3. The van der Waals surface area contributed by atoms with Gasteiger partial charge in [-0.05, 0) is 24.7 Å². The number of hydrogen-bond acceptors (Lipinski definition) is 4. The summed E-state index contributed by atoms with van der Waals surface area (Å²) in [5, 5.41) is 0. The molecule has 0 bridgehead atoms. The third kappa shape index (κ3) is 2.95. The predicted octanol–water partition coefficient (Wildman–Crippen LogP) is 0.355. The Morgan fingerprint density at radius 1 is 1.22 bits per heavy atom. The van der Waals surface area contributed by atoms with Gasteiger partial charge < -0.3 is 9.80 Å². The minimum atomic E-state index is -3.37. The molecular weight excluding hydrogens is 256 g/mol. The average Bonchev–Trinajstić information content (AvgIpc) is 2.70. The summed E-state index contributed by atoms with van der Waals surface area (Å²) in [4.78, 5) is 15.2. The number of carbonyl (C=O) groups is 1. The quantitative estimate of drug-likeness (QED) is 0.683. The summed E-state index contributed by atoms with van der Waals surface area (Å²) in [5.74, 6) is 0.751. The number of nitrogens with zero attached hydrogens (tertiary/aromatic N) is 2. The molecule has 1 aliphatic heterocycles. The molecule has 2 unspecified atom stereocenters. The van der Waals surface area contributed by atoms with Gasteiger partial charge in [0.25, 0.3) is 10.1 Å². The van der Waals surface area contributed by atoms with Gasteiger partial charge in [-0.1, -0.05) is 0 Å². The molecule has 0 aromatic carbocycles. The molecule has 6 nitrogen and oxygen atoms in total. The van der Waals surface area contributed by atoms with Crippen molar-refractivity contribution in [1.82, 2.24) is 9.80 Å². The van der Waals surface area contributed by atoms with Crippen LogP contribution in [0.5, 0.6) is 0 Å². The molecule has 104 valence electrons. The zero-order chi connectivity index (χ0) is 13.5.